The van der Waals surface area contributed by atoms with E-state index in [9.17, 15) is 0 Å². The number of hydrogen-bond acceptors (Lipinski definition) is 2. The number of hydrogen-bond donors (Lipinski definition) is 1. The molecule has 118 valence electrons. The van der Waals surface area contributed by atoms with Crippen LogP contribution in [0.2, 0.25) is 0 Å². The fraction of sp³-hybridized carbons (Fsp3) is 0.333. The first-order valence-corrected chi connectivity index (χ1v) is 8.51. The van der Waals surface area contributed by atoms with Crippen molar-refractivity contribution in [1.82, 2.24) is 10.2 Å². The Morgan fingerprint density at radius 1 is 1.09 bits per heavy atom. The van der Waals surface area contributed by atoms with Gasteiger partial charge in [0.15, 0.2) is 0 Å². The molecule has 0 aliphatic carbocycles. The van der Waals surface area contributed by atoms with E-state index in [1.54, 1.807) is 5.57 Å². The van der Waals surface area contributed by atoms with Crippen LogP contribution in [-0.2, 0) is 6.54 Å². The molecule has 2 aliphatic rings. The molecule has 0 aromatic heterocycles. The molecular formula is C21H24N2. The van der Waals surface area contributed by atoms with Crippen molar-refractivity contribution in [1.29, 1.82) is 0 Å². The van der Waals surface area contributed by atoms with Gasteiger partial charge in [-0.2, -0.15) is 0 Å². The summed E-state index contributed by atoms with van der Waals surface area (Å²) in [7, 11) is 0. The number of aryl methyl sites for hydroxylation is 2. The first-order valence-electron chi connectivity index (χ1n) is 8.51. The van der Waals surface area contributed by atoms with Gasteiger partial charge in [-0.05, 0) is 46.5 Å². The Labute approximate surface area is 138 Å². The van der Waals surface area contributed by atoms with Crippen LogP contribution in [0.1, 0.15) is 16.7 Å². The summed E-state index contributed by atoms with van der Waals surface area (Å²) in [6.45, 7) is 8.72. The second kappa shape index (κ2) is 5.86. The maximum absolute atomic E-state index is 3.50. The van der Waals surface area contributed by atoms with E-state index in [4.69, 9.17) is 0 Å². The normalized spacial score (nSPS) is 20.3. The molecule has 0 radical (unpaired) electrons. The minimum Gasteiger partial charge on any atom is -0.390 e. The maximum Gasteiger partial charge on any atom is 0.0237 e. The first kappa shape index (κ1) is 14.5. The molecule has 2 aliphatic heterocycles. The van der Waals surface area contributed by atoms with Crippen LogP contribution < -0.4 is 15.8 Å². The Balaban J connectivity index is 1.64. The third-order valence-electron chi connectivity index (χ3n) is 5.27. The topological polar surface area (TPSA) is 15.3 Å². The van der Waals surface area contributed by atoms with E-state index in [0.717, 1.165) is 26.2 Å². The predicted octanol–water partition coefficient (Wildman–Crippen LogP) is 1.93. The van der Waals surface area contributed by atoms with Crippen LogP contribution in [0, 0.1) is 19.8 Å². The van der Waals surface area contributed by atoms with Crippen molar-refractivity contribution in [2.24, 2.45) is 5.92 Å². The van der Waals surface area contributed by atoms with Crippen LogP contribution in [-0.4, -0.2) is 24.5 Å². The van der Waals surface area contributed by atoms with Crippen molar-refractivity contribution < 1.29 is 0 Å². The van der Waals surface area contributed by atoms with Crippen molar-refractivity contribution in [2.75, 3.05) is 19.6 Å². The molecule has 0 amide bonds. The van der Waals surface area contributed by atoms with Gasteiger partial charge in [0.25, 0.3) is 0 Å². The Kier molecular flexibility index (Phi) is 3.70. The SMILES string of the molecule is Cc1ccc(CN2CC3=c4ccccc4=CNC[C@H]3C2)cc1C. The average molecular weight is 304 g/mol. The fourth-order valence-corrected chi connectivity index (χ4v) is 3.86. The van der Waals surface area contributed by atoms with E-state index in [1.807, 2.05) is 0 Å². The summed E-state index contributed by atoms with van der Waals surface area (Å²) < 4.78 is 0. The highest BCUT2D eigenvalue weighted by molar-refractivity contribution is 5.55. The van der Waals surface area contributed by atoms with Crippen molar-refractivity contribution in [3.8, 4) is 0 Å². The summed E-state index contributed by atoms with van der Waals surface area (Å²) in [4.78, 5) is 2.59. The zero-order chi connectivity index (χ0) is 15.8. The molecule has 0 unspecified atom stereocenters. The summed E-state index contributed by atoms with van der Waals surface area (Å²) in [5, 5.41) is 6.27. The molecule has 1 atom stereocenters. The molecule has 0 spiro atoms. The number of rotatable bonds is 2. The van der Waals surface area contributed by atoms with Gasteiger partial charge in [0, 0.05) is 38.3 Å². The van der Waals surface area contributed by atoms with Crippen LogP contribution in [0.15, 0.2) is 42.5 Å². The van der Waals surface area contributed by atoms with E-state index in [1.165, 1.54) is 27.1 Å². The lowest BCUT2D eigenvalue weighted by atomic mass is 10.0. The van der Waals surface area contributed by atoms with Crippen LogP contribution in [0.25, 0.3) is 11.8 Å². The zero-order valence-electron chi connectivity index (χ0n) is 14.0. The summed E-state index contributed by atoms with van der Waals surface area (Å²) in [6, 6.07) is 15.6. The number of benzene rings is 2. The van der Waals surface area contributed by atoms with E-state index >= 15 is 0 Å². The molecule has 23 heavy (non-hydrogen) atoms. The number of fused-ring (bicyclic) bond motifs is 2. The van der Waals surface area contributed by atoms with Gasteiger partial charge in [0.05, 0.1) is 0 Å². The van der Waals surface area contributed by atoms with Crippen LogP contribution in [0.3, 0.4) is 0 Å². The molecule has 2 aromatic carbocycles. The Morgan fingerprint density at radius 2 is 1.96 bits per heavy atom. The van der Waals surface area contributed by atoms with Crippen molar-refractivity contribution in [3.63, 3.8) is 0 Å². The molecule has 0 saturated carbocycles. The number of nitrogens with one attached hydrogen (secondary N) is 1. The third kappa shape index (κ3) is 2.79. The minimum atomic E-state index is 0.626. The van der Waals surface area contributed by atoms with Crippen molar-refractivity contribution in [2.45, 2.75) is 20.4 Å². The van der Waals surface area contributed by atoms with E-state index in [-0.39, 0.29) is 0 Å². The average Bonchev–Trinajstić information content (AvgIpc) is 2.86. The van der Waals surface area contributed by atoms with Gasteiger partial charge in [-0.15, -0.1) is 0 Å². The van der Waals surface area contributed by atoms with E-state index in [0.29, 0.717) is 5.92 Å². The lowest BCUT2D eigenvalue weighted by Crippen LogP contribution is -2.28. The van der Waals surface area contributed by atoms with E-state index in [2.05, 4.69) is 72.7 Å². The van der Waals surface area contributed by atoms with Crippen LogP contribution in [0.5, 0.6) is 0 Å². The molecule has 1 N–H and O–H groups in total. The lowest BCUT2D eigenvalue weighted by Gasteiger charge is -2.16. The second-order valence-corrected chi connectivity index (χ2v) is 6.95. The molecule has 1 saturated heterocycles. The minimum absolute atomic E-state index is 0.626. The fourth-order valence-electron chi connectivity index (χ4n) is 3.86. The highest BCUT2D eigenvalue weighted by atomic mass is 15.2. The second-order valence-electron chi connectivity index (χ2n) is 6.95. The predicted molar refractivity (Wildman–Crippen MR) is 96.3 cm³/mol. The Hall–Kier alpha value is -2.06. The van der Waals surface area contributed by atoms with Crippen LogP contribution >= 0.6 is 0 Å². The zero-order valence-corrected chi connectivity index (χ0v) is 14.0. The molecule has 2 heterocycles. The monoisotopic (exact) mass is 304 g/mol. The number of likely N-dealkylation sites (tertiary alicyclic amines) is 1. The Morgan fingerprint density at radius 3 is 2.83 bits per heavy atom. The standard InChI is InChI=1S/C21H24N2/c1-15-7-8-17(9-16(15)2)12-23-13-19-11-22-10-18-5-3-4-6-20(18)21(19)14-23/h3-10,19,22H,11-14H2,1-2H3/t19-/m0/s1. The van der Waals surface area contributed by atoms with Gasteiger partial charge in [-0.1, -0.05) is 42.5 Å². The largest absolute Gasteiger partial charge is 0.390 e. The number of nitrogens with zero attached hydrogens (tertiary/aromatic N) is 1. The van der Waals surface area contributed by atoms with Gasteiger partial charge in [0.1, 0.15) is 0 Å². The van der Waals surface area contributed by atoms with Gasteiger partial charge < -0.3 is 5.32 Å². The van der Waals surface area contributed by atoms with Crippen molar-refractivity contribution in [3.05, 3.63) is 69.6 Å². The smallest absolute Gasteiger partial charge is 0.0237 e. The molecule has 2 heteroatoms. The van der Waals surface area contributed by atoms with Crippen molar-refractivity contribution >= 4 is 11.8 Å². The van der Waals surface area contributed by atoms with E-state index < -0.39 is 0 Å². The third-order valence-corrected chi connectivity index (χ3v) is 5.27. The highest BCUT2D eigenvalue weighted by Crippen LogP contribution is 2.24. The maximum atomic E-state index is 3.50. The molecule has 4 rings (SSSR count). The van der Waals surface area contributed by atoms with Gasteiger partial charge >= 0.3 is 0 Å². The molecule has 2 nitrogen and oxygen atoms in total. The molecule has 1 fully saturated rings. The molecule has 2 aromatic rings. The first-order chi connectivity index (χ1) is 11.2. The summed E-state index contributed by atoms with van der Waals surface area (Å²) in [5.41, 5.74) is 5.80. The summed E-state index contributed by atoms with van der Waals surface area (Å²) in [6.07, 6.45) is 2.17. The Bertz CT molecular complexity index is 850. The van der Waals surface area contributed by atoms with Crippen LogP contribution in [0.4, 0.5) is 0 Å². The quantitative estimate of drug-likeness (QED) is 0.912. The van der Waals surface area contributed by atoms with Gasteiger partial charge in [-0.25, -0.2) is 0 Å². The lowest BCUT2D eigenvalue weighted by molar-refractivity contribution is 0.317. The molecule has 0 bridgehead atoms. The molecular weight excluding hydrogens is 280 g/mol. The van der Waals surface area contributed by atoms with Gasteiger partial charge in [0.2, 0.25) is 0 Å². The van der Waals surface area contributed by atoms with Gasteiger partial charge in [-0.3, -0.25) is 4.90 Å². The highest BCUT2D eigenvalue weighted by Gasteiger charge is 2.28. The summed E-state index contributed by atoms with van der Waals surface area (Å²) in [5.74, 6) is 0.626. The summed E-state index contributed by atoms with van der Waals surface area (Å²) >= 11 is 0.